The second kappa shape index (κ2) is 6.69. The maximum Gasteiger partial charge on any atom is 0.103 e. The molecule has 2 aromatic heterocycles. The van der Waals surface area contributed by atoms with E-state index in [0.29, 0.717) is 12.1 Å². The van der Waals surface area contributed by atoms with Crippen molar-refractivity contribution in [2.45, 2.75) is 6.54 Å². The molecule has 4 aromatic rings. The van der Waals surface area contributed by atoms with Crippen LogP contribution in [0.25, 0.3) is 22.0 Å². The minimum Gasteiger partial charge on any atom is -0.379 e. The number of hydrogen-bond donors (Lipinski definition) is 1. The largest absolute Gasteiger partial charge is 0.379 e. The number of benzene rings is 2. The van der Waals surface area contributed by atoms with Gasteiger partial charge < -0.3 is 5.32 Å². The maximum atomic E-state index is 9.43. The van der Waals surface area contributed by atoms with Crippen molar-refractivity contribution in [3.63, 3.8) is 0 Å². The molecule has 5 heteroatoms. The molecule has 26 heavy (non-hydrogen) atoms. The Hall–Kier alpha value is -3.65. The standard InChI is InChI=1S/C21H17N5/c1-26-14-18(13-25-26)16-6-4-5-15(9-16)11-24-21-17(10-22)12-23-20-8-3-2-7-19(20)21/h2-9,12-14H,11H2,1H3,(H,23,24). The summed E-state index contributed by atoms with van der Waals surface area (Å²) in [5.74, 6) is 0. The summed E-state index contributed by atoms with van der Waals surface area (Å²) in [5.41, 5.74) is 5.59. The van der Waals surface area contributed by atoms with Gasteiger partial charge in [-0.3, -0.25) is 9.67 Å². The molecule has 0 radical (unpaired) electrons. The number of anilines is 1. The van der Waals surface area contributed by atoms with E-state index < -0.39 is 0 Å². The summed E-state index contributed by atoms with van der Waals surface area (Å²) < 4.78 is 1.79. The monoisotopic (exact) mass is 339 g/mol. The number of fused-ring (bicyclic) bond motifs is 1. The zero-order valence-electron chi connectivity index (χ0n) is 14.3. The fourth-order valence-electron chi connectivity index (χ4n) is 3.04. The molecule has 4 rings (SSSR count). The van der Waals surface area contributed by atoms with Crippen LogP contribution in [0.2, 0.25) is 0 Å². The highest BCUT2D eigenvalue weighted by molar-refractivity contribution is 5.93. The van der Waals surface area contributed by atoms with Gasteiger partial charge in [0.15, 0.2) is 0 Å². The lowest BCUT2D eigenvalue weighted by molar-refractivity contribution is 0.768. The minimum atomic E-state index is 0.548. The number of hydrogen-bond acceptors (Lipinski definition) is 4. The van der Waals surface area contributed by atoms with Gasteiger partial charge in [-0.15, -0.1) is 0 Å². The van der Waals surface area contributed by atoms with Crippen LogP contribution in [0, 0.1) is 11.3 Å². The van der Waals surface area contributed by atoms with Crippen LogP contribution in [-0.2, 0) is 13.6 Å². The Bertz CT molecular complexity index is 1120. The third kappa shape index (κ3) is 3.01. The zero-order chi connectivity index (χ0) is 17.9. The summed E-state index contributed by atoms with van der Waals surface area (Å²) in [6, 6.07) is 18.4. The third-order valence-corrected chi connectivity index (χ3v) is 4.33. The number of para-hydroxylation sites is 1. The maximum absolute atomic E-state index is 9.43. The van der Waals surface area contributed by atoms with Gasteiger partial charge in [0.25, 0.3) is 0 Å². The lowest BCUT2D eigenvalue weighted by Gasteiger charge is -2.12. The van der Waals surface area contributed by atoms with Gasteiger partial charge in [-0.25, -0.2) is 0 Å². The van der Waals surface area contributed by atoms with Gasteiger partial charge in [0, 0.05) is 36.9 Å². The molecule has 0 atom stereocenters. The van der Waals surface area contributed by atoms with Crippen LogP contribution in [0.3, 0.4) is 0 Å². The van der Waals surface area contributed by atoms with Crippen LogP contribution < -0.4 is 5.32 Å². The van der Waals surface area contributed by atoms with Crippen LogP contribution in [0.15, 0.2) is 67.1 Å². The molecule has 0 fully saturated rings. The normalized spacial score (nSPS) is 10.6. The molecule has 0 saturated carbocycles. The van der Waals surface area contributed by atoms with E-state index in [2.05, 4.69) is 39.7 Å². The van der Waals surface area contributed by atoms with Crippen LogP contribution in [0.4, 0.5) is 5.69 Å². The number of rotatable bonds is 4. The summed E-state index contributed by atoms with van der Waals surface area (Å²) in [5, 5.41) is 18.0. The van der Waals surface area contributed by atoms with Crippen LogP contribution in [-0.4, -0.2) is 14.8 Å². The highest BCUT2D eigenvalue weighted by Gasteiger charge is 2.09. The quantitative estimate of drug-likeness (QED) is 0.607. The number of nitrogens with one attached hydrogen (secondary N) is 1. The Kier molecular flexibility index (Phi) is 4.08. The molecule has 2 aromatic carbocycles. The van der Waals surface area contributed by atoms with Crippen molar-refractivity contribution >= 4 is 16.6 Å². The van der Waals surface area contributed by atoms with E-state index >= 15 is 0 Å². The third-order valence-electron chi connectivity index (χ3n) is 4.33. The lowest BCUT2D eigenvalue weighted by Crippen LogP contribution is -2.03. The lowest BCUT2D eigenvalue weighted by atomic mass is 10.1. The van der Waals surface area contributed by atoms with E-state index in [9.17, 15) is 5.26 Å². The van der Waals surface area contributed by atoms with E-state index in [1.807, 2.05) is 49.8 Å². The first-order valence-corrected chi connectivity index (χ1v) is 8.34. The molecule has 0 amide bonds. The molecular formula is C21H17N5. The van der Waals surface area contributed by atoms with Crippen molar-refractivity contribution in [1.82, 2.24) is 14.8 Å². The van der Waals surface area contributed by atoms with Crippen LogP contribution >= 0.6 is 0 Å². The van der Waals surface area contributed by atoms with Crippen molar-refractivity contribution in [3.05, 3.63) is 78.2 Å². The van der Waals surface area contributed by atoms with E-state index in [-0.39, 0.29) is 0 Å². The molecule has 0 bridgehead atoms. The van der Waals surface area contributed by atoms with Crippen molar-refractivity contribution in [2.24, 2.45) is 7.05 Å². The van der Waals surface area contributed by atoms with Crippen LogP contribution in [0.5, 0.6) is 0 Å². The minimum absolute atomic E-state index is 0.548. The zero-order valence-corrected chi connectivity index (χ0v) is 14.3. The molecule has 0 aliphatic rings. The topological polar surface area (TPSA) is 66.5 Å². The van der Waals surface area contributed by atoms with Gasteiger partial charge in [0.05, 0.1) is 23.0 Å². The molecule has 0 saturated heterocycles. The smallest absolute Gasteiger partial charge is 0.103 e. The number of aryl methyl sites for hydroxylation is 1. The van der Waals surface area contributed by atoms with E-state index in [4.69, 9.17) is 0 Å². The second-order valence-electron chi connectivity index (χ2n) is 6.13. The van der Waals surface area contributed by atoms with Gasteiger partial charge in [-0.05, 0) is 23.3 Å². The molecule has 0 spiro atoms. The molecular weight excluding hydrogens is 322 g/mol. The van der Waals surface area contributed by atoms with Crippen molar-refractivity contribution < 1.29 is 0 Å². The van der Waals surface area contributed by atoms with Gasteiger partial charge >= 0.3 is 0 Å². The van der Waals surface area contributed by atoms with Crippen molar-refractivity contribution in [1.29, 1.82) is 5.26 Å². The van der Waals surface area contributed by atoms with Crippen LogP contribution in [0.1, 0.15) is 11.1 Å². The first-order chi connectivity index (χ1) is 12.7. The first-order valence-electron chi connectivity index (χ1n) is 8.34. The SMILES string of the molecule is Cn1cc(-c2cccc(CNc3c(C#N)cnc4ccccc34)c2)cn1. The summed E-state index contributed by atoms with van der Waals surface area (Å²) in [4.78, 5) is 4.35. The molecule has 126 valence electrons. The van der Waals surface area contributed by atoms with E-state index in [0.717, 1.165) is 33.3 Å². The first kappa shape index (κ1) is 15.9. The summed E-state index contributed by atoms with van der Waals surface area (Å²) in [7, 11) is 1.91. The highest BCUT2D eigenvalue weighted by Crippen LogP contribution is 2.26. The Morgan fingerprint density at radius 1 is 1.08 bits per heavy atom. The van der Waals surface area contributed by atoms with Crippen molar-refractivity contribution in [3.8, 4) is 17.2 Å². The number of nitrogens with zero attached hydrogens (tertiary/aromatic N) is 4. The average Bonchev–Trinajstić information content (AvgIpc) is 3.12. The molecule has 0 unspecified atom stereocenters. The van der Waals surface area contributed by atoms with E-state index in [1.54, 1.807) is 10.9 Å². The average molecular weight is 339 g/mol. The predicted octanol–water partition coefficient (Wildman–Crippen LogP) is 4.12. The molecule has 0 aliphatic carbocycles. The van der Waals surface area contributed by atoms with Gasteiger partial charge in [0.1, 0.15) is 6.07 Å². The Morgan fingerprint density at radius 2 is 1.96 bits per heavy atom. The highest BCUT2D eigenvalue weighted by atomic mass is 15.2. The van der Waals surface area contributed by atoms with Crippen molar-refractivity contribution in [2.75, 3.05) is 5.32 Å². The number of nitriles is 1. The fourth-order valence-corrected chi connectivity index (χ4v) is 3.04. The molecule has 5 nitrogen and oxygen atoms in total. The Morgan fingerprint density at radius 3 is 2.77 bits per heavy atom. The molecule has 2 heterocycles. The van der Waals surface area contributed by atoms with E-state index in [1.165, 1.54) is 0 Å². The number of pyridine rings is 1. The predicted molar refractivity (Wildman–Crippen MR) is 102 cm³/mol. The number of aromatic nitrogens is 3. The summed E-state index contributed by atoms with van der Waals surface area (Å²) in [6.07, 6.45) is 5.48. The Labute approximate surface area is 151 Å². The van der Waals surface area contributed by atoms with Gasteiger partial charge in [0.2, 0.25) is 0 Å². The molecule has 1 N–H and O–H groups in total. The Balaban J connectivity index is 1.64. The molecule has 0 aliphatic heterocycles. The fraction of sp³-hybridized carbons (Fsp3) is 0.0952. The summed E-state index contributed by atoms with van der Waals surface area (Å²) >= 11 is 0. The van der Waals surface area contributed by atoms with Gasteiger partial charge in [-0.1, -0.05) is 36.4 Å². The summed E-state index contributed by atoms with van der Waals surface area (Å²) in [6.45, 7) is 0.622. The van der Waals surface area contributed by atoms with Gasteiger partial charge in [-0.2, -0.15) is 10.4 Å². The second-order valence-corrected chi connectivity index (χ2v) is 6.13.